The fourth-order valence-electron chi connectivity index (χ4n) is 2.98. The third kappa shape index (κ3) is 5.36. The van der Waals surface area contributed by atoms with Crippen LogP contribution in [0.4, 0.5) is 5.69 Å². The summed E-state index contributed by atoms with van der Waals surface area (Å²) in [5.41, 5.74) is 0.718. The highest BCUT2D eigenvalue weighted by atomic mass is 127. The zero-order valence-corrected chi connectivity index (χ0v) is 22.3. The fraction of sp³-hybridized carbons (Fsp3) is 0.0500. The van der Waals surface area contributed by atoms with E-state index in [4.69, 9.17) is 34.8 Å². The van der Waals surface area contributed by atoms with Gasteiger partial charge in [0.25, 0.3) is 15.9 Å². The number of amides is 1. The van der Waals surface area contributed by atoms with E-state index in [1.54, 1.807) is 18.2 Å². The maximum atomic E-state index is 13.1. The van der Waals surface area contributed by atoms with Crippen molar-refractivity contribution in [1.82, 2.24) is 14.7 Å². The number of rotatable bonds is 6. The van der Waals surface area contributed by atoms with Gasteiger partial charge >= 0.3 is 0 Å². The zero-order chi connectivity index (χ0) is 23.8. The summed E-state index contributed by atoms with van der Waals surface area (Å²) in [5.74, 6) is -0.519. The Balaban J connectivity index is 1.63. The average Bonchev–Trinajstić information content (AvgIpc) is 3.21. The molecule has 2 heterocycles. The second kappa shape index (κ2) is 9.88. The monoisotopic (exact) mass is 652 g/mol. The van der Waals surface area contributed by atoms with Crippen LogP contribution in [0.25, 0.3) is 10.1 Å². The van der Waals surface area contributed by atoms with Gasteiger partial charge < -0.3 is 5.32 Å². The highest BCUT2D eigenvalue weighted by molar-refractivity contribution is 14.1. The molecule has 0 atom stereocenters. The molecule has 0 saturated heterocycles. The van der Waals surface area contributed by atoms with E-state index in [0.717, 1.165) is 15.1 Å². The second-order valence-electron chi connectivity index (χ2n) is 6.68. The topological polar surface area (TPSA) is 101 Å². The van der Waals surface area contributed by atoms with Gasteiger partial charge in [0.15, 0.2) is 5.03 Å². The number of carbonyl (C=O) groups excluding carboxylic acids is 1. The number of fused-ring (bicyclic) bond motifs is 1. The molecule has 33 heavy (non-hydrogen) atoms. The first-order valence-electron chi connectivity index (χ1n) is 9.09. The van der Waals surface area contributed by atoms with E-state index in [1.807, 2.05) is 22.6 Å². The van der Waals surface area contributed by atoms with Crippen molar-refractivity contribution in [3.63, 3.8) is 0 Å². The van der Waals surface area contributed by atoms with Gasteiger partial charge in [-0.25, -0.2) is 4.98 Å². The summed E-state index contributed by atoms with van der Waals surface area (Å²) in [6.07, 6.45) is 2.85. The number of hydrogen-bond donors (Lipinski definition) is 2. The summed E-state index contributed by atoms with van der Waals surface area (Å²) in [4.78, 5) is 17.0. The first-order valence-corrected chi connectivity index (χ1v) is 13.6. The maximum Gasteiger partial charge on any atom is 0.280 e. The van der Waals surface area contributed by atoms with Gasteiger partial charge in [-0.15, -0.1) is 0 Å². The number of halogens is 4. The Morgan fingerprint density at radius 3 is 2.55 bits per heavy atom. The van der Waals surface area contributed by atoms with E-state index >= 15 is 0 Å². The van der Waals surface area contributed by atoms with Crippen molar-refractivity contribution in [3.8, 4) is 0 Å². The molecule has 170 valence electrons. The fourth-order valence-corrected chi connectivity index (χ4v) is 6.34. The summed E-state index contributed by atoms with van der Waals surface area (Å²) in [6.45, 7) is 0.0211. The van der Waals surface area contributed by atoms with Crippen LogP contribution in [0.15, 0.2) is 53.8 Å². The molecule has 0 unspecified atom stereocenters. The van der Waals surface area contributed by atoms with E-state index < -0.39 is 15.9 Å². The van der Waals surface area contributed by atoms with Crippen LogP contribution in [0.5, 0.6) is 0 Å². The molecular weight excluding hydrogens is 642 g/mol. The third-order valence-corrected chi connectivity index (χ3v) is 8.15. The number of sulfonamides is 1. The summed E-state index contributed by atoms with van der Waals surface area (Å²) in [6, 6.07) is 9.50. The Morgan fingerprint density at radius 2 is 1.82 bits per heavy atom. The van der Waals surface area contributed by atoms with Crippen LogP contribution in [-0.2, 0) is 16.6 Å². The van der Waals surface area contributed by atoms with Gasteiger partial charge in [0, 0.05) is 36.9 Å². The van der Waals surface area contributed by atoms with Crippen molar-refractivity contribution < 1.29 is 13.2 Å². The molecule has 0 aliphatic rings. The first-order chi connectivity index (χ1) is 15.7. The Morgan fingerprint density at radius 1 is 1.09 bits per heavy atom. The standard InChI is InChI=1S/C20H12Cl3IN4O3S2/c21-10-5-15(22)13(16(23)6-10)8-26-19(29)12-2-1-11(24)7-17(12)28-33(30,31)20-14-9-27-32-18(14)3-4-25-20/h1-7,9,28H,8H2,(H,26,29). The number of pyridine rings is 1. The highest BCUT2D eigenvalue weighted by Crippen LogP contribution is 2.30. The number of anilines is 1. The minimum atomic E-state index is -4.10. The number of aromatic nitrogens is 2. The normalized spacial score (nSPS) is 11.5. The van der Waals surface area contributed by atoms with Crippen LogP contribution in [0, 0.1) is 3.57 Å². The van der Waals surface area contributed by atoms with Crippen LogP contribution in [0.3, 0.4) is 0 Å². The predicted octanol–water partition coefficient (Wildman–Crippen LogP) is 5.99. The van der Waals surface area contributed by atoms with Crippen molar-refractivity contribution in [2.75, 3.05) is 4.72 Å². The molecule has 0 saturated carbocycles. The molecule has 0 bridgehead atoms. The molecule has 13 heteroatoms. The van der Waals surface area contributed by atoms with Crippen LogP contribution in [0.2, 0.25) is 15.1 Å². The summed E-state index contributed by atoms with van der Waals surface area (Å²) in [7, 11) is -4.10. The number of carbonyl (C=O) groups is 1. The predicted molar refractivity (Wildman–Crippen MR) is 140 cm³/mol. The quantitative estimate of drug-likeness (QED) is 0.249. The third-order valence-electron chi connectivity index (χ3n) is 4.50. The Hall–Kier alpha value is -1.70. The molecule has 0 spiro atoms. The summed E-state index contributed by atoms with van der Waals surface area (Å²) in [5, 5.41) is 3.93. The Bertz CT molecular complexity index is 1470. The highest BCUT2D eigenvalue weighted by Gasteiger charge is 2.23. The first kappa shape index (κ1) is 24.4. The van der Waals surface area contributed by atoms with Crippen LogP contribution in [-0.4, -0.2) is 23.7 Å². The van der Waals surface area contributed by atoms with Gasteiger partial charge in [-0.3, -0.25) is 9.52 Å². The van der Waals surface area contributed by atoms with Crippen LogP contribution >= 0.6 is 68.9 Å². The van der Waals surface area contributed by atoms with Crippen molar-refractivity contribution in [3.05, 3.63) is 78.6 Å². The van der Waals surface area contributed by atoms with E-state index in [9.17, 15) is 13.2 Å². The lowest BCUT2D eigenvalue weighted by atomic mass is 10.1. The lowest BCUT2D eigenvalue weighted by Crippen LogP contribution is -2.25. The van der Waals surface area contributed by atoms with Gasteiger partial charge in [-0.1, -0.05) is 34.8 Å². The van der Waals surface area contributed by atoms with Gasteiger partial charge in [-0.2, -0.15) is 12.8 Å². The van der Waals surface area contributed by atoms with Gasteiger partial charge in [0.05, 0.1) is 27.5 Å². The van der Waals surface area contributed by atoms with Gasteiger partial charge in [-0.05, 0) is 70.5 Å². The average molecular weight is 654 g/mol. The molecular formula is C20H12Cl3IN4O3S2. The smallest absolute Gasteiger partial charge is 0.280 e. The second-order valence-corrected chi connectivity index (χ2v) is 11.6. The molecule has 7 nitrogen and oxygen atoms in total. The molecule has 0 aliphatic carbocycles. The molecule has 2 aromatic heterocycles. The minimum absolute atomic E-state index is 0.0211. The summed E-state index contributed by atoms with van der Waals surface area (Å²) >= 11 is 21.5. The molecule has 0 radical (unpaired) electrons. The maximum absolute atomic E-state index is 13.1. The SMILES string of the molecule is O=C(NCc1c(Cl)cc(Cl)cc1Cl)c1ccc(I)cc1NS(=O)(=O)c1nccc2sncc12. The molecule has 2 N–H and O–H groups in total. The molecule has 0 fully saturated rings. The van der Waals surface area contributed by atoms with Crippen molar-refractivity contribution in [1.29, 1.82) is 0 Å². The van der Waals surface area contributed by atoms with Crippen LogP contribution < -0.4 is 10.0 Å². The molecule has 4 aromatic rings. The lowest BCUT2D eigenvalue weighted by Gasteiger charge is -2.14. The lowest BCUT2D eigenvalue weighted by molar-refractivity contribution is 0.0952. The zero-order valence-electron chi connectivity index (χ0n) is 16.3. The van der Waals surface area contributed by atoms with E-state index in [1.165, 1.54) is 30.6 Å². The van der Waals surface area contributed by atoms with Crippen molar-refractivity contribution in [2.45, 2.75) is 11.6 Å². The summed E-state index contributed by atoms with van der Waals surface area (Å²) < 4.78 is 34.2. The Labute approximate surface area is 221 Å². The molecule has 1 amide bonds. The number of nitrogens with zero attached hydrogens (tertiary/aromatic N) is 2. The molecule has 2 aromatic carbocycles. The van der Waals surface area contributed by atoms with Gasteiger partial charge in [0.2, 0.25) is 0 Å². The van der Waals surface area contributed by atoms with Crippen molar-refractivity contribution >= 4 is 101 Å². The number of hydrogen-bond acceptors (Lipinski definition) is 6. The molecule has 4 rings (SSSR count). The minimum Gasteiger partial charge on any atom is -0.348 e. The number of nitrogens with one attached hydrogen (secondary N) is 2. The largest absolute Gasteiger partial charge is 0.348 e. The van der Waals surface area contributed by atoms with E-state index in [2.05, 4.69) is 19.4 Å². The van der Waals surface area contributed by atoms with Crippen molar-refractivity contribution in [2.24, 2.45) is 0 Å². The molecule has 0 aliphatic heterocycles. The van der Waals surface area contributed by atoms with E-state index in [0.29, 0.717) is 30.7 Å². The van der Waals surface area contributed by atoms with Gasteiger partial charge in [0.1, 0.15) is 0 Å². The van der Waals surface area contributed by atoms with E-state index in [-0.39, 0.29) is 22.8 Å². The number of benzene rings is 2. The van der Waals surface area contributed by atoms with Crippen LogP contribution in [0.1, 0.15) is 15.9 Å². The Kier molecular flexibility index (Phi) is 7.32.